The molecule has 1 aliphatic rings. The molecule has 5 heteroatoms. The Morgan fingerprint density at radius 3 is 2.24 bits per heavy atom. The van der Waals surface area contributed by atoms with Crippen molar-refractivity contribution in [3.05, 3.63) is 58.2 Å². The minimum Gasteiger partial charge on any atom is -0.383 e. The molecule has 154 valence electrons. The summed E-state index contributed by atoms with van der Waals surface area (Å²) in [6, 6.07) is 7.80. The molecule has 1 aliphatic carbocycles. The highest BCUT2D eigenvalue weighted by atomic mass is 19.1. The number of benzene rings is 2. The van der Waals surface area contributed by atoms with E-state index in [1.165, 1.54) is 6.08 Å². The van der Waals surface area contributed by atoms with Crippen LogP contribution in [-0.4, -0.2) is 18.0 Å². The van der Waals surface area contributed by atoms with Gasteiger partial charge in [-0.1, -0.05) is 12.1 Å². The van der Waals surface area contributed by atoms with Gasteiger partial charge in [0.2, 0.25) is 5.91 Å². The Morgan fingerprint density at radius 1 is 1.07 bits per heavy atom. The number of nitrogens with one attached hydrogen (secondary N) is 2. The summed E-state index contributed by atoms with van der Waals surface area (Å²) in [6.07, 6.45) is 3.39. The average Bonchev–Trinajstić information content (AvgIpc) is 3.48. The highest BCUT2D eigenvalue weighted by Gasteiger charge is 2.25. The Bertz CT molecular complexity index is 929. The highest BCUT2D eigenvalue weighted by Crippen LogP contribution is 2.34. The third-order valence-corrected chi connectivity index (χ3v) is 5.15. The smallest absolute Gasteiger partial charge is 0.247 e. The van der Waals surface area contributed by atoms with Gasteiger partial charge in [0.25, 0.3) is 0 Å². The lowest BCUT2D eigenvalue weighted by molar-refractivity contribution is -0.117. The van der Waals surface area contributed by atoms with Gasteiger partial charge < -0.3 is 10.6 Å². The Hall–Kier alpha value is -2.69. The van der Waals surface area contributed by atoms with Crippen LogP contribution in [0.5, 0.6) is 0 Å². The molecule has 2 aromatic rings. The number of amides is 1. The fourth-order valence-electron chi connectivity index (χ4n) is 3.34. The highest BCUT2D eigenvalue weighted by molar-refractivity contribution is 5.98. The molecule has 29 heavy (non-hydrogen) atoms. The molecule has 3 rings (SSSR count). The predicted molar refractivity (Wildman–Crippen MR) is 115 cm³/mol. The van der Waals surface area contributed by atoms with Crippen molar-refractivity contribution in [3.8, 4) is 11.1 Å². The Balaban J connectivity index is 1.98. The monoisotopic (exact) mass is 398 g/mol. The first-order valence-corrected chi connectivity index (χ1v) is 10.0. The molecule has 0 heterocycles. The van der Waals surface area contributed by atoms with Gasteiger partial charge in [0, 0.05) is 34.5 Å². The summed E-state index contributed by atoms with van der Waals surface area (Å²) in [6.45, 7) is 8.82. The third-order valence-electron chi connectivity index (χ3n) is 5.15. The first-order valence-electron chi connectivity index (χ1n) is 10.0. The molecular formula is C24H28F2N2O. The molecule has 0 saturated heterocycles. The summed E-state index contributed by atoms with van der Waals surface area (Å²) in [5, 5.41) is 6.15. The lowest BCUT2D eigenvalue weighted by Crippen LogP contribution is -2.26. The second kappa shape index (κ2) is 8.36. The zero-order chi connectivity index (χ0) is 21.3. The van der Waals surface area contributed by atoms with Crippen LogP contribution < -0.4 is 10.6 Å². The van der Waals surface area contributed by atoms with Crippen LogP contribution in [0.1, 0.15) is 50.3 Å². The van der Waals surface area contributed by atoms with Gasteiger partial charge in [-0.2, -0.15) is 0 Å². The topological polar surface area (TPSA) is 41.1 Å². The van der Waals surface area contributed by atoms with Crippen LogP contribution in [0, 0.1) is 25.5 Å². The standard InChI is InChI=1S/C24H28F2N2O/c1-13(2)27-18-8-6-17(7-9-18)21-16(5)22(25)20(15(4)23(21)26)12-14(3)24(29)28-19-10-11-19/h6-9,12-13,19,27H,10-11H2,1-5H3,(H,28,29)/b14-12+. The molecule has 2 N–H and O–H groups in total. The zero-order valence-electron chi connectivity index (χ0n) is 17.6. The average molecular weight is 398 g/mol. The van der Waals surface area contributed by atoms with E-state index in [4.69, 9.17) is 0 Å². The number of carbonyl (C=O) groups excluding carboxylic acids is 1. The SMILES string of the molecule is C/C(=C\c1c(C)c(F)c(-c2ccc(NC(C)C)cc2)c(C)c1F)C(=O)NC1CC1. The van der Waals surface area contributed by atoms with Gasteiger partial charge in [0.15, 0.2) is 0 Å². The molecule has 0 aliphatic heterocycles. The Morgan fingerprint density at radius 2 is 1.69 bits per heavy atom. The Labute approximate surface area is 171 Å². The van der Waals surface area contributed by atoms with Crippen molar-refractivity contribution in [1.29, 1.82) is 0 Å². The van der Waals surface area contributed by atoms with E-state index >= 15 is 8.78 Å². The summed E-state index contributed by atoms with van der Waals surface area (Å²) < 4.78 is 30.4. The number of hydrogen-bond donors (Lipinski definition) is 2. The molecule has 3 nitrogen and oxygen atoms in total. The molecular weight excluding hydrogens is 370 g/mol. The number of hydrogen-bond acceptors (Lipinski definition) is 2. The number of halogens is 2. The van der Waals surface area contributed by atoms with Crippen molar-refractivity contribution in [1.82, 2.24) is 5.32 Å². The van der Waals surface area contributed by atoms with E-state index in [0.29, 0.717) is 11.1 Å². The molecule has 1 fully saturated rings. The summed E-state index contributed by atoms with van der Waals surface area (Å²) in [7, 11) is 0. The lowest BCUT2D eigenvalue weighted by Gasteiger charge is -2.16. The third kappa shape index (κ3) is 4.66. The van der Waals surface area contributed by atoms with Crippen LogP contribution in [0.15, 0.2) is 29.8 Å². The van der Waals surface area contributed by atoms with E-state index in [0.717, 1.165) is 18.5 Å². The van der Waals surface area contributed by atoms with Gasteiger partial charge in [-0.25, -0.2) is 8.78 Å². The summed E-state index contributed by atoms with van der Waals surface area (Å²) in [4.78, 5) is 12.2. The van der Waals surface area contributed by atoms with Crippen LogP contribution in [0.2, 0.25) is 0 Å². The quantitative estimate of drug-likeness (QED) is 0.608. The minimum atomic E-state index is -0.498. The van der Waals surface area contributed by atoms with Crippen LogP contribution in [0.4, 0.5) is 14.5 Å². The van der Waals surface area contributed by atoms with E-state index in [1.54, 1.807) is 32.9 Å². The zero-order valence-corrected chi connectivity index (χ0v) is 17.6. The molecule has 1 saturated carbocycles. The van der Waals surface area contributed by atoms with E-state index in [2.05, 4.69) is 10.6 Å². The van der Waals surface area contributed by atoms with Crippen molar-refractivity contribution < 1.29 is 13.6 Å². The molecule has 0 unspecified atom stereocenters. The van der Waals surface area contributed by atoms with Gasteiger partial charge in [-0.15, -0.1) is 0 Å². The maximum atomic E-state index is 15.3. The van der Waals surface area contributed by atoms with Crippen molar-refractivity contribution >= 4 is 17.7 Å². The molecule has 0 bridgehead atoms. The fourth-order valence-corrected chi connectivity index (χ4v) is 3.34. The van der Waals surface area contributed by atoms with Crippen molar-refractivity contribution in [2.45, 2.75) is 59.5 Å². The van der Waals surface area contributed by atoms with Gasteiger partial charge in [-0.05, 0) is 82.4 Å². The van der Waals surface area contributed by atoms with Crippen LogP contribution in [-0.2, 0) is 4.79 Å². The normalized spacial score (nSPS) is 14.3. The van der Waals surface area contributed by atoms with Gasteiger partial charge in [0.1, 0.15) is 11.6 Å². The molecule has 2 aromatic carbocycles. The number of carbonyl (C=O) groups is 1. The maximum Gasteiger partial charge on any atom is 0.247 e. The minimum absolute atomic E-state index is 0.130. The summed E-state index contributed by atoms with van der Waals surface area (Å²) >= 11 is 0. The molecule has 0 spiro atoms. The number of anilines is 1. The van der Waals surface area contributed by atoms with Gasteiger partial charge >= 0.3 is 0 Å². The second-order valence-corrected chi connectivity index (χ2v) is 8.12. The maximum absolute atomic E-state index is 15.3. The van der Waals surface area contributed by atoms with Gasteiger partial charge in [-0.3, -0.25) is 4.79 Å². The van der Waals surface area contributed by atoms with E-state index < -0.39 is 11.6 Å². The largest absolute Gasteiger partial charge is 0.383 e. The Kier molecular flexibility index (Phi) is 6.06. The predicted octanol–water partition coefficient (Wildman–Crippen LogP) is 5.75. The van der Waals surface area contributed by atoms with Crippen LogP contribution in [0.25, 0.3) is 17.2 Å². The number of rotatable bonds is 6. The van der Waals surface area contributed by atoms with E-state index in [9.17, 15) is 4.79 Å². The van der Waals surface area contributed by atoms with E-state index in [1.807, 2.05) is 26.0 Å². The molecule has 1 amide bonds. The molecule has 0 aromatic heterocycles. The molecule has 0 atom stereocenters. The van der Waals surface area contributed by atoms with Crippen LogP contribution >= 0.6 is 0 Å². The van der Waals surface area contributed by atoms with Crippen molar-refractivity contribution in [2.75, 3.05) is 5.32 Å². The lowest BCUT2D eigenvalue weighted by atomic mass is 9.92. The van der Waals surface area contributed by atoms with Crippen LogP contribution in [0.3, 0.4) is 0 Å². The van der Waals surface area contributed by atoms with Crippen molar-refractivity contribution in [3.63, 3.8) is 0 Å². The summed E-state index contributed by atoms with van der Waals surface area (Å²) in [5.74, 6) is -1.20. The van der Waals surface area contributed by atoms with E-state index in [-0.39, 0.29) is 40.2 Å². The van der Waals surface area contributed by atoms with Crippen molar-refractivity contribution in [2.24, 2.45) is 0 Å². The fraction of sp³-hybridized carbons (Fsp3) is 0.375. The van der Waals surface area contributed by atoms with Gasteiger partial charge in [0.05, 0.1) is 0 Å². The summed E-state index contributed by atoms with van der Waals surface area (Å²) in [5.41, 5.74) is 2.74. The first-order chi connectivity index (χ1) is 13.7. The molecule has 0 radical (unpaired) electrons. The second-order valence-electron chi connectivity index (χ2n) is 8.12. The first kappa shape index (κ1) is 21.0.